The fourth-order valence-corrected chi connectivity index (χ4v) is 8.12. The van der Waals surface area contributed by atoms with Gasteiger partial charge in [-0.15, -0.1) is 23.5 Å². The molecule has 6 nitrogen and oxygen atoms in total. The van der Waals surface area contributed by atoms with Crippen LogP contribution in [0.1, 0.15) is 59.7 Å². The van der Waals surface area contributed by atoms with E-state index in [2.05, 4.69) is 87.1 Å². The molecule has 0 radical (unpaired) electrons. The maximum absolute atomic E-state index is 12.8. The Bertz CT molecular complexity index is 1700. The number of benzene rings is 4. The third-order valence-corrected chi connectivity index (χ3v) is 11.9. The lowest BCUT2D eigenvalue weighted by atomic mass is 9.90. The number of carbonyl (C=O) groups excluding carboxylic acids is 2. The Morgan fingerprint density at radius 2 is 1.16 bits per heavy atom. The third-order valence-electron chi connectivity index (χ3n) is 9.65. The van der Waals surface area contributed by atoms with Crippen molar-refractivity contribution in [2.24, 2.45) is 0 Å². The van der Waals surface area contributed by atoms with Crippen LogP contribution >= 0.6 is 23.5 Å². The SMILES string of the molecule is CN1CCN(C(=O)c2ccccc2SCc2ccccc2)CC1.Cc1c(C)c(C)c(CSc2ccccc2C(=O)NCCN(C)C)c(C)c1C. The van der Waals surface area contributed by atoms with Crippen LogP contribution in [0.2, 0.25) is 0 Å². The Morgan fingerprint density at radius 3 is 1.76 bits per heavy atom. The first-order chi connectivity index (χ1) is 24.0. The van der Waals surface area contributed by atoms with Gasteiger partial charge in [-0.25, -0.2) is 0 Å². The van der Waals surface area contributed by atoms with E-state index in [9.17, 15) is 9.59 Å². The number of nitrogens with one attached hydrogen (secondary N) is 1. The largest absolute Gasteiger partial charge is 0.351 e. The van der Waals surface area contributed by atoms with Crippen LogP contribution in [0.15, 0.2) is 88.7 Å². The summed E-state index contributed by atoms with van der Waals surface area (Å²) in [6, 6.07) is 26.2. The molecule has 4 aromatic carbocycles. The first kappa shape index (κ1) is 39.2. The molecule has 1 aliphatic heterocycles. The van der Waals surface area contributed by atoms with Crippen molar-refractivity contribution in [3.8, 4) is 0 Å². The summed E-state index contributed by atoms with van der Waals surface area (Å²) in [5.41, 5.74) is 11.1. The minimum atomic E-state index is 0.00432. The van der Waals surface area contributed by atoms with Crippen LogP contribution < -0.4 is 5.32 Å². The van der Waals surface area contributed by atoms with Gasteiger partial charge in [0.2, 0.25) is 0 Å². The first-order valence-corrected chi connectivity index (χ1v) is 19.4. The van der Waals surface area contributed by atoms with Crippen LogP contribution in [0.4, 0.5) is 0 Å². The molecule has 0 unspecified atom stereocenters. The fraction of sp³-hybridized carbons (Fsp3) is 0.381. The average molecular weight is 711 g/mol. The zero-order chi connectivity index (χ0) is 36.2. The Labute approximate surface area is 309 Å². The second kappa shape index (κ2) is 19.2. The van der Waals surface area contributed by atoms with Crippen molar-refractivity contribution in [2.45, 2.75) is 55.9 Å². The molecule has 1 saturated heterocycles. The number of thioether (sulfide) groups is 2. The molecule has 0 spiro atoms. The molecule has 0 saturated carbocycles. The number of carbonyl (C=O) groups is 2. The van der Waals surface area contributed by atoms with Gasteiger partial charge in [0.25, 0.3) is 11.8 Å². The summed E-state index contributed by atoms with van der Waals surface area (Å²) in [7, 11) is 6.11. The van der Waals surface area contributed by atoms with Gasteiger partial charge in [-0.2, -0.15) is 0 Å². The summed E-state index contributed by atoms with van der Waals surface area (Å²) in [5.74, 6) is 1.93. The summed E-state index contributed by atoms with van der Waals surface area (Å²) >= 11 is 3.48. The molecule has 1 heterocycles. The van der Waals surface area contributed by atoms with Gasteiger partial charge in [-0.1, -0.05) is 54.6 Å². The van der Waals surface area contributed by atoms with Crippen molar-refractivity contribution in [3.05, 3.63) is 129 Å². The van der Waals surface area contributed by atoms with Crippen molar-refractivity contribution in [2.75, 3.05) is 60.4 Å². The minimum absolute atomic E-state index is 0.00432. The van der Waals surface area contributed by atoms with Gasteiger partial charge in [0, 0.05) is 60.6 Å². The number of likely N-dealkylation sites (N-methyl/N-ethyl adjacent to an activating group) is 2. The molecule has 0 bridgehead atoms. The van der Waals surface area contributed by atoms with E-state index in [1.807, 2.05) is 67.5 Å². The molecule has 0 aromatic heterocycles. The molecule has 1 N–H and O–H groups in total. The Hall–Kier alpha value is -3.56. The van der Waals surface area contributed by atoms with E-state index in [1.165, 1.54) is 38.9 Å². The molecule has 1 fully saturated rings. The number of nitrogens with zero attached hydrogens (tertiary/aromatic N) is 3. The van der Waals surface area contributed by atoms with Crippen molar-refractivity contribution < 1.29 is 9.59 Å². The monoisotopic (exact) mass is 710 g/mol. The van der Waals surface area contributed by atoms with Crippen LogP contribution in [0.3, 0.4) is 0 Å². The van der Waals surface area contributed by atoms with Gasteiger partial charge in [0.15, 0.2) is 0 Å². The van der Waals surface area contributed by atoms with Crippen LogP contribution in [0.5, 0.6) is 0 Å². The second-order valence-electron chi connectivity index (χ2n) is 13.3. The average Bonchev–Trinajstić information content (AvgIpc) is 3.13. The number of hydrogen-bond donors (Lipinski definition) is 1. The third kappa shape index (κ3) is 10.7. The zero-order valence-corrected chi connectivity index (χ0v) is 32.8. The van der Waals surface area contributed by atoms with Crippen LogP contribution in [-0.4, -0.2) is 86.9 Å². The Kier molecular flexibility index (Phi) is 15.0. The lowest BCUT2D eigenvalue weighted by molar-refractivity contribution is 0.0660. The van der Waals surface area contributed by atoms with E-state index in [4.69, 9.17) is 0 Å². The number of hydrogen-bond acceptors (Lipinski definition) is 6. The van der Waals surface area contributed by atoms with Crippen LogP contribution in [-0.2, 0) is 11.5 Å². The van der Waals surface area contributed by atoms with E-state index in [0.29, 0.717) is 6.54 Å². The lowest BCUT2D eigenvalue weighted by Crippen LogP contribution is -2.47. The zero-order valence-electron chi connectivity index (χ0n) is 31.1. The highest BCUT2D eigenvalue weighted by Crippen LogP contribution is 2.33. The fourth-order valence-electron chi connectivity index (χ4n) is 5.90. The van der Waals surface area contributed by atoms with Gasteiger partial charge >= 0.3 is 0 Å². The molecular weight excluding hydrogens is 657 g/mol. The van der Waals surface area contributed by atoms with Gasteiger partial charge in [-0.3, -0.25) is 9.59 Å². The number of amides is 2. The van der Waals surface area contributed by atoms with Gasteiger partial charge in [0.05, 0.1) is 11.1 Å². The number of rotatable bonds is 11. The predicted octanol–water partition coefficient (Wildman–Crippen LogP) is 8.18. The highest BCUT2D eigenvalue weighted by atomic mass is 32.2. The van der Waals surface area contributed by atoms with E-state index in [1.54, 1.807) is 23.5 Å². The first-order valence-electron chi connectivity index (χ1n) is 17.4. The highest BCUT2D eigenvalue weighted by Gasteiger charge is 2.22. The van der Waals surface area contributed by atoms with E-state index in [-0.39, 0.29) is 11.8 Å². The standard InChI is InChI=1S/C23H32N2OS.C19H22N2OS/c1-15-16(2)18(4)21(19(5)17(15)3)14-27-22-11-9-8-10-20(22)23(26)24-12-13-25(6)7;1-20-11-13-21(14-12-20)19(22)17-9-5-6-10-18(17)23-15-16-7-3-2-4-8-16/h8-11H,12-14H2,1-7H3,(H,24,26);2-10H,11-15H2,1H3. The quantitative estimate of drug-likeness (QED) is 0.159. The summed E-state index contributed by atoms with van der Waals surface area (Å²) in [5, 5.41) is 3.02. The van der Waals surface area contributed by atoms with E-state index >= 15 is 0 Å². The molecular formula is C42H54N4O2S2. The molecule has 50 heavy (non-hydrogen) atoms. The van der Waals surface area contributed by atoms with Gasteiger partial charge in [0.1, 0.15) is 0 Å². The lowest BCUT2D eigenvalue weighted by Gasteiger charge is -2.32. The summed E-state index contributed by atoms with van der Waals surface area (Å²) in [6.07, 6.45) is 0. The highest BCUT2D eigenvalue weighted by molar-refractivity contribution is 7.98. The van der Waals surface area contributed by atoms with Gasteiger partial charge < -0.3 is 20.0 Å². The smallest absolute Gasteiger partial charge is 0.255 e. The summed E-state index contributed by atoms with van der Waals surface area (Å²) in [6.45, 7) is 16.1. The van der Waals surface area contributed by atoms with E-state index in [0.717, 1.165) is 65.1 Å². The van der Waals surface area contributed by atoms with Crippen molar-refractivity contribution in [1.82, 2.24) is 20.0 Å². The molecule has 5 rings (SSSR count). The molecule has 2 amide bonds. The Balaban J connectivity index is 0.000000227. The normalized spacial score (nSPS) is 13.2. The van der Waals surface area contributed by atoms with Crippen LogP contribution in [0, 0.1) is 34.6 Å². The summed E-state index contributed by atoms with van der Waals surface area (Å²) in [4.78, 5) is 33.8. The minimum Gasteiger partial charge on any atom is -0.351 e. The predicted molar refractivity (Wildman–Crippen MR) is 213 cm³/mol. The maximum Gasteiger partial charge on any atom is 0.255 e. The van der Waals surface area contributed by atoms with Crippen molar-refractivity contribution in [3.63, 3.8) is 0 Å². The molecule has 0 aliphatic carbocycles. The van der Waals surface area contributed by atoms with Crippen molar-refractivity contribution in [1.29, 1.82) is 0 Å². The van der Waals surface area contributed by atoms with Gasteiger partial charge in [-0.05, 0) is 119 Å². The maximum atomic E-state index is 12.8. The molecule has 266 valence electrons. The van der Waals surface area contributed by atoms with E-state index < -0.39 is 0 Å². The second-order valence-corrected chi connectivity index (χ2v) is 15.3. The molecule has 4 aromatic rings. The molecule has 0 atom stereocenters. The Morgan fingerprint density at radius 1 is 0.660 bits per heavy atom. The van der Waals surface area contributed by atoms with Crippen molar-refractivity contribution >= 4 is 35.3 Å². The van der Waals surface area contributed by atoms with Crippen LogP contribution in [0.25, 0.3) is 0 Å². The summed E-state index contributed by atoms with van der Waals surface area (Å²) < 4.78 is 0. The number of piperazine rings is 1. The molecule has 1 aliphatic rings. The topological polar surface area (TPSA) is 55.9 Å². The molecule has 8 heteroatoms.